The highest BCUT2D eigenvalue weighted by Gasteiger charge is 2.41. The summed E-state index contributed by atoms with van der Waals surface area (Å²) in [6.45, 7) is 6.63. The standard InChI is InChI=1S/C25H30N4O/c1-3-8-21(9-4-1)12-16-28-15-7-13-25(19-28)14-17-29(20-25)18-23-26-24(27-30-23)22-10-5-2-6-11-22/h1-6,8-11H,7,12-20H2/t25-/m0/s1. The van der Waals surface area contributed by atoms with Gasteiger partial charge >= 0.3 is 0 Å². The smallest absolute Gasteiger partial charge is 0.241 e. The molecular formula is C25H30N4O. The van der Waals surface area contributed by atoms with Crippen LogP contribution in [0.2, 0.25) is 0 Å². The van der Waals surface area contributed by atoms with Crippen molar-refractivity contribution < 1.29 is 4.52 Å². The average molecular weight is 403 g/mol. The second-order valence-electron chi connectivity index (χ2n) is 8.95. The summed E-state index contributed by atoms with van der Waals surface area (Å²) in [6, 6.07) is 20.9. The zero-order valence-electron chi connectivity index (χ0n) is 17.5. The highest BCUT2D eigenvalue weighted by Crippen LogP contribution is 2.39. The molecule has 2 aliphatic heterocycles. The van der Waals surface area contributed by atoms with E-state index in [0.29, 0.717) is 11.2 Å². The fourth-order valence-corrected chi connectivity index (χ4v) is 5.14. The SMILES string of the molecule is c1ccc(CCN2CCC[C@]3(CCN(Cc4nc(-c5ccccc5)no4)C3)C2)cc1. The van der Waals surface area contributed by atoms with E-state index in [1.54, 1.807) is 0 Å². The summed E-state index contributed by atoms with van der Waals surface area (Å²) < 4.78 is 5.55. The molecule has 0 unspecified atom stereocenters. The number of benzene rings is 2. The molecule has 3 aromatic rings. The van der Waals surface area contributed by atoms with E-state index >= 15 is 0 Å². The van der Waals surface area contributed by atoms with Crippen molar-refractivity contribution in [2.45, 2.75) is 32.2 Å². The minimum atomic E-state index is 0.428. The molecule has 2 fully saturated rings. The lowest BCUT2D eigenvalue weighted by Gasteiger charge is -2.40. The lowest BCUT2D eigenvalue weighted by Crippen LogP contribution is -2.45. The first-order chi connectivity index (χ1) is 14.8. The number of hydrogen-bond acceptors (Lipinski definition) is 5. The molecule has 1 atom stereocenters. The molecule has 3 heterocycles. The van der Waals surface area contributed by atoms with Crippen LogP contribution >= 0.6 is 0 Å². The molecule has 0 bridgehead atoms. The Morgan fingerprint density at radius 3 is 2.47 bits per heavy atom. The van der Waals surface area contributed by atoms with Crippen LogP contribution in [-0.4, -0.2) is 52.7 Å². The van der Waals surface area contributed by atoms with Crippen molar-refractivity contribution >= 4 is 0 Å². The molecule has 0 N–H and O–H groups in total. The van der Waals surface area contributed by atoms with Gasteiger partial charge in [0.1, 0.15) is 0 Å². The third kappa shape index (κ3) is 4.47. The Kier molecular flexibility index (Phi) is 5.65. The molecule has 156 valence electrons. The molecule has 2 saturated heterocycles. The van der Waals surface area contributed by atoms with Crippen molar-refractivity contribution in [1.82, 2.24) is 19.9 Å². The topological polar surface area (TPSA) is 45.4 Å². The number of hydrogen-bond donors (Lipinski definition) is 0. The van der Waals surface area contributed by atoms with Gasteiger partial charge in [0.15, 0.2) is 0 Å². The summed E-state index contributed by atoms with van der Waals surface area (Å²) in [5.41, 5.74) is 2.87. The summed E-state index contributed by atoms with van der Waals surface area (Å²) >= 11 is 0. The maximum atomic E-state index is 5.55. The molecule has 5 nitrogen and oxygen atoms in total. The number of rotatable bonds is 6. The van der Waals surface area contributed by atoms with Gasteiger partial charge in [-0.15, -0.1) is 0 Å². The van der Waals surface area contributed by atoms with Crippen LogP contribution in [0, 0.1) is 5.41 Å². The van der Waals surface area contributed by atoms with Gasteiger partial charge in [-0.05, 0) is 49.8 Å². The van der Waals surface area contributed by atoms with Crippen molar-refractivity contribution in [3.05, 3.63) is 72.1 Å². The molecule has 0 saturated carbocycles. The van der Waals surface area contributed by atoms with Crippen LogP contribution in [0.3, 0.4) is 0 Å². The van der Waals surface area contributed by atoms with Gasteiger partial charge in [0.2, 0.25) is 11.7 Å². The summed E-state index contributed by atoms with van der Waals surface area (Å²) in [5, 5.41) is 4.18. The molecule has 5 rings (SSSR count). The van der Waals surface area contributed by atoms with E-state index in [-0.39, 0.29) is 0 Å². The molecule has 1 aromatic heterocycles. The fourth-order valence-electron chi connectivity index (χ4n) is 5.14. The molecular weight excluding hydrogens is 372 g/mol. The molecule has 2 aromatic carbocycles. The quantitative estimate of drug-likeness (QED) is 0.616. The van der Waals surface area contributed by atoms with Crippen LogP contribution in [-0.2, 0) is 13.0 Å². The minimum Gasteiger partial charge on any atom is -0.338 e. The zero-order chi connectivity index (χ0) is 20.2. The monoisotopic (exact) mass is 402 g/mol. The second kappa shape index (κ2) is 8.70. The van der Waals surface area contributed by atoms with Gasteiger partial charge in [0, 0.05) is 25.2 Å². The minimum absolute atomic E-state index is 0.428. The Hall–Kier alpha value is -2.50. The van der Waals surface area contributed by atoms with Crippen LogP contribution in [0.5, 0.6) is 0 Å². The van der Waals surface area contributed by atoms with E-state index < -0.39 is 0 Å². The predicted molar refractivity (Wildman–Crippen MR) is 118 cm³/mol. The molecule has 5 heteroatoms. The lowest BCUT2D eigenvalue weighted by molar-refractivity contribution is 0.0913. The van der Waals surface area contributed by atoms with Gasteiger partial charge in [-0.1, -0.05) is 65.8 Å². The highest BCUT2D eigenvalue weighted by molar-refractivity contribution is 5.53. The van der Waals surface area contributed by atoms with E-state index in [4.69, 9.17) is 4.52 Å². The van der Waals surface area contributed by atoms with Gasteiger partial charge in [-0.3, -0.25) is 4.90 Å². The highest BCUT2D eigenvalue weighted by atomic mass is 16.5. The number of aromatic nitrogens is 2. The van der Waals surface area contributed by atoms with Crippen molar-refractivity contribution in [3.8, 4) is 11.4 Å². The van der Waals surface area contributed by atoms with E-state index in [1.807, 2.05) is 30.3 Å². The lowest BCUT2D eigenvalue weighted by atomic mass is 9.79. The van der Waals surface area contributed by atoms with Gasteiger partial charge in [0.05, 0.1) is 6.54 Å². The van der Waals surface area contributed by atoms with Crippen molar-refractivity contribution in [1.29, 1.82) is 0 Å². The van der Waals surface area contributed by atoms with Crippen molar-refractivity contribution in [2.24, 2.45) is 5.41 Å². The fraction of sp³-hybridized carbons (Fsp3) is 0.440. The third-order valence-electron chi connectivity index (χ3n) is 6.68. The van der Waals surface area contributed by atoms with E-state index in [1.165, 1.54) is 37.9 Å². The van der Waals surface area contributed by atoms with Gasteiger partial charge in [-0.25, -0.2) is 0 Å². The molecule has 0 radical (unpaired) electrons. The maximum Gasteiger partial charge on any atom is 0.241 e. The van der Waals surface area contributed by atoms with Gasteiger partial charge in [-0.2, -0.15) is 4.98 Å². The van der Waals surface area contributed by atoms with Crippen LogP contribution < -0.4 is 0 Å². The Morgan fingerprint density at radius 1 is 0.867 bits per heavy atom. The van der Waals surface area contributed by atoms with E-state index in [2.05, 4.69) is 50.3 Å². The second-order valence-corrected chi connectivity index (χ2v) is 8.95. The first-order valence-electron chi connectivity index (χ1n) is 11.1. The van der Waals surface area contributed by atoms with Crippen molar-refractivity contribution in [3.63, 3.8) is 0 Å². The third-order valence-corrected chi connectivity index (χ3v) is 6.68. The van der Waals surface area contributed by atoms with Gasteiger partial charge in [0.25, 0.3) is 0 Å². The summed E-state index contributed by atoms with van der Waals surface area (Å²) in [5.74, 6) is 1.41. The Balaban J connectivity index is 1.16. The zero-order valence-corrected chi connectivity index (χ0v) is 17.5. The normalized spacial score (nSPS) is 22.7. The maximum absolute atomic E-state index is 5.55. The Bertz CT molecular complexity index is 942. The summed E-state index contributed by atoms with van der Waals surface area (Å²) in [7, 11) is 0. The predicted octanol–water partition coefficient (Wildman–Crippen LogP) is 4.27. The first kappa shape index (κ1) is 19.5. The summed E-state index contributed by atoms with van der Waals surface area (Å²) in [4.78, 5) is 9.81. The van der Waals surface area contributed by atoms with Gasteiger partial charge < -0.3 is 9.42 Å². The van der Waals surface area contributed by atoms with Crippen LogP contribution in [0.15, 0.2) is 65.2 Å². The Labute approximate surface area is 178 Å². The Morgan fingerprint density at radius 2 is 1.63 bits per heavy atom. The number of piperidine rings is 1. The van der Waals surface area contributed by atoms with Crippen LogP contribution in [0.25, 0.3) is 11.4 Å². The van der Waals surface area contributed by atoms with Crippen molar-refractivity contribution in [2.75, 3.05) is 32.7 Å². The first-order valence-corrected chi connectivity index (χ1v) is 11.1. The van der Waals surface area contributed by atoms with Crippen LogP contribution in [0.1, 0.15) is 30.7 Å². The largest absolute Gasteiger partial charge is 0.338 e. The van der Waals surface area contributed by atoms with Crippen LogP contribution in [0.4, 0.5) is 0 Å². The molecule has 0 amide bonds. The number of likely N-dealkylation sites (tertiary alicyclic amines) is 2. The molecule has 2 aliphatic rings. The summed E-state index contributed by atoms with van der Waals surface area (Å²) in [6.07, 6.45) is 5.06. The molecule has 0 aliphatic carbocycles. The van der Waals surface area contributed by atoms with E-state index in [0.717, 1.165) is 44.1 Å². The molecule has 30 heavy (non-hydrogen) atoms. The van der Waals surface area contributed by atoms with E-state index in [9.17, 15) is 0 Å². The number of nitrogens with zero attached hydrogens (tertiary/aromatic N) is 4. The molecule has 1 spiro atoms. The average Bonchev–Trinajstić information content (AvgIpc) is 3.41.